The summed E-state index contributed by atoms with van der Waals surface area (Å²) in [5.74, 6) is 0. The molecule has 2 heteroatoms. The van der Waals surface area contributed by atoms with Gasteiger partial charge in [-0.25, -0.2) is 0 Å². The molecular weight excluding hydrogens is 172 g/mol. The zero-order valence-electron chi connectivity index (χ0n) is 8.35. The van der Waals surface area contributed by atoms with Gasteiger partial charge in [-0.2, -0.15) is 0 Å². The second-order valence-electron chi connectivity index (χ2n) is 2.86. The first kappa shape index (κ1) is 10.4. The molecule has 0 saturated heterocycles. The third kappa shape index (κ3) is 2.98. The van der Waals surface area contributed by atoms with E-state index in [0.717, 1.165) is 17.6 Å². The first-order chi connectivity index (χ1) is 6.88. The molecule has 0 fully saturated rings. The molecule has 0 aromatic carbocycles. The Morgan fingerprint density at radius 2 is 2.14 bits per heavy atom. The van der Waals surface area contributed by atoms with Gasteiger partial charge in [0.15, 0.2) is 6.21 Å². The number of pyridine rings is 1. The molecule has 14 heavy (non-hydrogen) atoms. The molecule has 2 N–H and O–H groups in total. The lowest BCUT2D eigenvalue weighted by atomic mass is 10.1. The van der Waals surface area contributed by atoms with Gasteiger partial charge in [0.1, 0.15) is 0 Å². The highest BCUT2D eigenvalue weighted by Crippen LogP contribution is 2.13. The topological polar surface area (TPSA) is 38.5 Å². The molecular formula is C12H15N2+. The molecule has 0 spiro atoms. The molecule has 0 saturated carbocycles. The molecule has 72 valence electrons. The highest BCUT2D eigenvalue weighted by Gasteiger charge is 1.95. The second kappa shape index (κ2) is 5.86. The molecule has 1 rings (SSSR count). The third-order valence-corrected chi connectivity index (χ3v) is 1.82. The van der Waals surface area contributed by atoms with Gasteiger partial charge in [0.05, 0.1) is 0 Å². The fourth-order valence-corrected chi connectivity index (χ4v) is 1.14. The number of aromatic nitrogens is 1. The van der Waals surface area contributed by atoms with E-state index >= 15 is 0 Å². The highest BCUT2D eigenvalue weighted by atomic mass is 14.6. The van der Waals surface area contributed by atoms with Gasteiger partial charge in [-0.15, -0.1) is 0 Å². The molecule has 1 aromatic rings. The zero-order chi connectivity index (χ0) is 10.2. The van der Waals surface area contributed by atoms with Gasteiger partial charge in [0, 0.05) is 18.5 Å². The van der Waals surface area contributed by atoms with Crippen molar-refractivity contribution in [1.82, 2.24) is 4.98 Å². The first-order valence-electron chi connectivity index (χ1n) is 4.70. The molecule has 0 amide bonds. The zero-order valence-corrected chi connectivity index (χ0v) is 8.35. The Bertz CT molecular complexity index is 337. The average molecular weight is 187 g/mol. The van der Waals surface area contributed by atoms with Gasteiger partial charge < -0.3 is 0 Å². The summed E-state index contributed by atoms with van der Waals surface area (Å²) < 4.78 is 0. The standard InChI is InChI=1S/C12H14N2/c1-2-3-4-11(5-8-13)12-6-9-14-10-7-12/h3-10,13H,2H2,1H3/p+1/b4-3-,11-5+,13-8?. The van der Waals surface area contributed by atoms with Crippen LogP contribution >= 0.6 is 0 Å². The maximum Gasteiger partial charge on any atom is 0.160 e. The summed E-state index contributed by atoms with van der Waals surface area (Å²) in [6.07, 6.45) is 12.2. The van der Waals surface area contributed by atoms with Crippen molar-refractivity contribution in [2.75, 3.05) is 0 Å². The van der Waals surface area contributed by atoms with Crippen molar-refractivity contribution in [3.8, 4) is 0 Å². The Labute approximate surface area is 84.5 Å². The fraction of sp³-hybridized carbons (Fsp3) is 0.167. The summed E-state index contributed by atoms with van der Waals surface area (Å²) in [6.45, 7) is 2.10. The fourth-order valence-electron chi connectivity index (χ4n) is 1.14. The lowest BCUT2D eigenvalue weighted by Crippen LogP contribution is -2.28. The Balaban J connectivity index is 2.95. The molecule has 1 heterocycles. The Morgan fingerprint density at radius 3 is 2.71 bits per heavy atom. The van der Waals surface area contributed by atoms with Gasteiger partial charge in [0.25, 0.3) is 0 Å². The van der Waals surface area contributed by atoms with Crippen molar-refractivity contribution in [1.29, 1.82) is 0 Å². The van der Waals surface area contributed by atoms with E-state index in [2.05, 4.69) is 24.1 Å². The average Bonchev–Trinajstić information content (AvgIpc) is 2.25. The maximum absolute atomic E-state index is 5.39. The molecule has 0 atom stereocenters. The van der Waals surface area contributed by atoms with Gasteiger partial charge in [-0.05, 0) is 29.7 Å². The summed E-state index contributed by atoms with van der Waals surface area (Å²) >= 11 is 0. The van der Waals surface area contributed by atoms with Crippen molar-refractivity contribution in [2.24, 2.45) is 0 Å². The van der Waals surface area contributed by atoms with E-state index in [1.165, 1.54) is 0 Å². The summed E-state index contributed by atoms with van der Waals surface area (Å²) in [5.41, 5.74) is 2.24. The minimum Gasteiger partial charge on any atom is -0.265 e. The Kier molecular flexibility index (Phi) is 4.35. The van der Waals surface area contributed by atoms with Crippen molar-refractivity contribution < 1.29 is 5.41 Å². The molecule has 0 aliphatic rings. The third-order valence-electron chi connectivity index (χ3n) is 1.82. The number of nitrogens with two attached hydrogens (primary N) is 1. The summed E-state index contributed by atoms with van der Waals surface area (Å²) in [7, 11) is 0. The SMILES string of the molecule is CC/C=C\C(=C/C=[NH2+])c1ccncc1. The summed E-state index contributed by atoms with van der Waals surface area (Å²) in [6, 6.07) is 3.94. The monoisotopic (exact) mass is 187 g/mol. The number of nitrogens with zero attached hydrogens (tertiary/aromatic N) is 1. The second-order valence-corrected chi connectivity index (χ2v) is 2.86. The van der Waals surface area contributed by atoms with Crippen molar-refractivity contribution in [3.63, 3.8) is 0 Å². The van der Waals surface area contributed by atoms with Crippen molar-refractivity contribution >= 4 is 11.8 Å². The van der Waals surface area contributed by atoms with Gasteiger partial charge in [-0.1, -0.05) is 19.1 Å². The van der Waals surface area contributed by atoms with Crippen LogP contribution in [0.3, 0.4) is 0 Å². The molecule has 1 aromatic heterocycles. The molecule has 2 nitrogen and oxygen atoms in total. The van der Waals surface area contributed by atoms with Crippen LogP contribution in [0.5, 0.6) is 0 Å². The predicted octanol–water partition coefficient (Wildman–Crippen LogP) is 1.26. The van der Waals surface area contributed by atoms with Crippen LogP contribution in [0, 0.1) is 0 Å². The molecule has 0 aliphatic heterocycles. The minimum absolute atomic E-state index is 1.02. The van der Waals surface area contributed by atoms with Gasteiger partial charge in [0.2, 0.25) is 0 Å². The summed E-state index contributed by atoms with van der Waals surface area (Å²) in [5, 5.41) is 5.39. The molecule has 0 aliphatic carbocycles. The van der Waals surface area contributed by atoms with E-state index in [1.807, 2.05) is 18.2 Å². The molecule has 0 bridgehead atoms. The van der Waals surface area contributed by atoms with Crippen LogP contribution in [0.25, 0.3) is 5.57 Å². The van der Waals surface area contributed by atoms with Crippen LogP contribution in [0.15, 0.2) is 42.8 Å². The van der Waals surface area contributed by atoms with E-state index < -0.39 is 0 Å². The van der Waals surface area contributed by atoms with E-state index in [4.69, 9.17) is 5.41 Å². The first-order valence-corrected chi connectivity index (χ1v) is 4.70. The van der Waals surface area contributed by atoms with Crippen LogP contribution < -0.4 is 5.41 Å². The number of rotatable bonds is 4. The normalized spacial score (nSPS) is 11.9. The van der Waals surface area contributed by atoms with E-state index in [9.17, 15) is 0 Å². The van der Waals surface area contributed by atoms with Crippen LogP contribution in [0.2, 0.25) is 0 Å². The number of hydrogen-bond donors (Lipinski definition) is 1. The van der Waals surface area contributed by atoms with Crippen LogP contribution in [0.4, 0.5) is 0 Å². The van der Waals surface area contributed by atoms with Crippen LogP contribution in [-0.4, -0.2) is 11.2 Å². The van der Waals surface area contributed by atoms with Gasteiger partial charge >= 0.3 is 0 Å². The number of allylic oxidation sites excluding steroid dienone is 4. The molecule has 0 unspecified atom stereocenters. The van der Waals surface area contributed by atoms with E-state index in [-0.39, 0.29) is 0 Å². The van der Waals surface area contributed by atoms with Gasteiger partial charge in [-0.3, -0.25) is 10.4 Å². The summed E-state index contributed by atoms with van der Waals surface area (Å²) in [4.78, 5) is 3.98. The van der Waals surface area contributed by atoms with Crippen LogP contribution in [0.1, 0.15) is 18.9 Å². The quantitative estimate of drug-likeness (QED) is 0.559. The lowest BCUT2D eigenvalue weighted by Gasteiger charge is -1.99. The Hall–Kier alpha value is -1.70. The van der Waals surface area contributed by atoms with Crippen molar-refractivity contribution in [3.05, 3.63) is 48.3 Å². The van der Waals surface area contributed by atoms with E-state index in [1.54, 1.807) is 18.6 Å². The maximum atomic E-state index is 5.39. The van der Waals surface area contributed by atoms with E-state index in [0.29, 0.717) is 0 Å². The largest absolute Gasteiger partial charge is 0.265 e. The van der Waals surface area contributed by atoms with Crippen LogP contribution in [-0.2, 0) is 0 Å². The minimum atomic E-state index is 1.02. The smallest absolute Gasteiger partial charge is 0.160 e. The number of hydrogen-bond acceptors (Lipinski definition) is 1. The highest BCUT2D eigenvalue weighted by molar-refractivity contribution is 5.86. The lowest BCUT2D eigenvalue weighted by molar-refractivity contribution is -0.104. The molecule has 0 radical (unpaired) electrons. The Morgan fingerprint density at radius 1 is 1.43 bits per heavy atom. The van der Waals surface area contributed by atoms with Crippen molar-refractivity contribution in [2.45, 2.75) is 13.3 Å². The predicted molar refractivity (Wildman–Crippen MR) is 59.6 cm³/mol.